The van der Waals surface area contributed by atoms with Crippen LogP contribution in [0.15, 0.2) is 24.3 Å². The number of ether oxygens (including phenoxy) is 1. The van der Waals surface area contributed by atoms with Gasteiger partial charge in [-0.25, -0.2) is 0 Å². The highest BCUT2D eigenvalue weighted by Crippen LogP contribution is 2.23. The van der Waals surface area contributed by atoms with E-state index < -0.39 is 6.36 Å². The van der Waals surface area contributed by atoms with Gasteiger partial charge in [-0.2, -0.15) is 0 Å². The molecule has 0 aliphatic carbocycles. The van der Waals surface area contributed by atoms with E-state index in [2.05, 4.69) is 27.3 Å². The molecule has 0 unspecified atom stereocenters. The molecule has 0 atom stereocenters. The quantitative estimate of drug-likeness (QED) is 0.367. The lowest BCUT2D eigenvalue weighted by Crippen LogP contribution is -2.17. The standard InChI is InChI=1S/C13H16F3IO/c14-13(15,16)18-12-8-6-11(7-9-12)5-3-1-2-4-10-17/h6-9H,1-5,10H2. The summed E-state index contributed by atoms with van der Waals surface area (Å²) < 4.78 is 40.8. The lowest BCUT2D eigenvalue weighted by atomic mass is 10.1. The number of aryl methyl sites for hydroxylation is 1. The third kappa shape index (κ3) is 7.08. The molecule has 0 aromatic heterocycles. The average Bonchev–Trinajstić information content (AvgIpc) is 2.29. The van der Waals surface area contributed by atoms with Gasteiger partial charge in [0.05, 0.1) is 0 Å². The second kappa shape index (κ2) is 7.86. The van der Waals surface area contributed by atoms with E-state index in [-0.39, 0.29) is 5.75 Å². The van der Waals surface area contributed by atoms with E-state index in [1.54, 1.807) is 12.1 Å². The fraction of sp³-hybridized carbons (Fsp3) is 0.538. The Kier molecular flexibility index (Phi) is 6.81. The lowest BCUT2D eigenvalue weighted by Gasteiger charge is -2.09. The molecule has 1 nitrogen and oxygen atoms in total. The van der Waals surface area contributed by atoms with Gasteiger partial charge >= 0.3 is 6.36 Å². The molecule has 0 spiro atoms. The molecule has 0 bridgehead atoms. The van der Waals surface area contributed by atoms with Crippen LogP contribution < -0.4 is 4.74 Å². The molecule has 0 N–H and O–H groups in total. The van der Waals surface area contributed by atoms with Crippen LogP contribution in [-0.4, -0.2) is 10.8 Å². The Morgan fingerprint density at radius 3 is 2.11 bits per heavy atom. The highest BCUT2D eigenvalue weighted by Gasteiger charge is 2.30. The SMILES string of the molecule is FC(F)(F)Oc1ccc(CCCCCCI)cc1. The second-order valence-electron chi connectivity index (χ2n) is 4.04. The third-order valence-electron chi connectivity index (χ3n) is 2.51. The number of unbranched alkanes of at least 4 members (excludes halogenated alkanes) is 3. The first-order chi connectivity index (χ1) is 8.51. The van der Waals surface area contributed by atoms with Crippen molar-refractivity contribution in [1.82, 2.24) is 0 Å². The minimum atomic E-state index is -4.61. The summed E-state index contributed by atoms with van der Waals surface area (Å²) in [6, 6.07) is 6.13. The van der Waals surface area contributed by atoms with Gasteiger partial charge in [-0.15, -0.1) is 13.2 Å². The van der Waals surface area contributed by atoms with Crippen molar-refractivity contribution in [3.8, 4) is 5.75 Å². The summed E-state index contributed by atoms with van der Waals surface area (Å²) in [5.41, 5.74) is 1.05. The molecule has 0 radical (unpaired) electrons. The topological polar surface area (TPSA) is 9.23 Å². The molecule has 0 amide bonds. The van der Waals surface area contributed by atoms with E-state index in [0.29, 0.717) is 0 Å². The predicted octanol–water partition coefficient (Wildman–Crippen LogP) is 5.12. The van der Waals surface area contributed by atoms with Crippen molar-refractivity contribution in [2.45, 2.75) is 38.5 Å². The molecular weight excluding hydrogens is 356 g/mol. The van der Waals surface area contributed by atoms with Gasteiger partial charge in [-0.3, -0.25) is 0 Å². The Labute approximate surface area is 119 Å². The largest absolute Gasteiger partial charge is 0.573 e. The van der Waals surface area contributed by atoms with Crippen LogP contribution in [0.5, 0.6) is 5.75 Å². The molecule has 0 saturated carbocycles. The van der Waals surface area contributed by atoms with Gasteiger partial charge in [0.25, 0.3) is 0 Å². The number of benzene rings is 1. The number of halogens is 4. The first kappa shape index (κ1) is 15.6. The summed E-state index contributed by atoms with van der Waals surface area (Å²) in [4.78, 5) is 0. The van der Waals surface area contributed by atoms with Crippen molar-refractivity contribution in [3.63, 3.8) is 0 Å². The second-order valence-corrected chi connectivity index (χ2v) is 5.12. The van der Waals surface area contributed by atoms with Gasteiger partial charge in [-0.05, 0) is 41.4 Å². The molecule has 0 aliphatic rings. The first-order valence-electron chi connectivity index (χ1n) is 5.92. The molecule has 102 valence electrons. The van der Waals surface area contributed by atoms with Crippen LogP contribution in [0.3, 0.4) is 0 Å². The van der Waals surface area contributed by atoms with Crippen molar-refractivity contribution in [2.75, 3.05) is 4.43 Å². The number of hydrogen-bond donors (Lipinski definition) is 0. The summed E-state index contributed by atoms with van der Waals surface area (Å²) in [5, 5.41) is 0. The van der Waals surface area contributed by atoms with Gasteiger partial charge < -0.3 is 4.74 Å². The molecule has 18 heavy (non-hydrogen) atoms. The number of hydrogen-bond acceptors (Lipinski definition) is 1. The highest BCUT2D eigenvalue weighted by molar-refractivity contribution is 14.1. The number of alkyl halides is 4. The molecule has 1 rings (SSSR count). The third-order valence-corrected chi connectivity index (χ3v) is 3.27. The monoisotopic (exact) mass is 372 g/mol. The van der Waals surface area contributed by atoms with Gasteiger partial charge in [0.1, 0.15) is 5.75 Å². The Bertz CT molecular complexity index is 335. The Balaban J connectivity index is 2.32. The van der Waals surface area contributed by atoms with Crippen LogP contribution in [-0.2, 0) is 6.42 Å². The lowest BCUT2D eigenvalue weighted by molar-refractivity contribution is -0.274. The predicted molar refractivity (Wildman–Crippen MR) is 74.2 cm³/mol. The van der Waals surface area contributed by atoms with Gasteiger partial charge in [0, 0.05) is 0 Å². The van der Waals surface area contributed by atoms with E-state index >= 15 is 0 Å². The van der Waals surface area contributed by atoms with Gasteiger partial charge in [0.15, 0.2) is 0 Å². The van der Waals surface area contributed by atoms with Crippen LogP contribution in [0.2, 0.25) is 0 Å². The minimum absolute atomic E-state index is 0.156. The first-order valence-corrected chi connectivity index (χ1v) is 7.44. The van der Waals surface area contributed by atoms with E-state index in [1.165, 1.54) is 35.8 Å². The molecule has 1 aromatic carbocycles. The zero-order chi connectivity index (χ0) is 13.4. The van der Waals surface area contributed by atoms with Crippen LogP contribution in [0.4, 0.5) is 13.2 Å². The fourth-order valence-electron chi connectivity index (χ4n) is 1.63. The van der Waals surface area contributed by atoms with Gasteiger partial charge in [0.2, 0.25) is 0 Å². The van der Waals surface area contributed by atoms with E-state index in [4.69, 9.17) is 0 Å². The molecule has 0 fully saturated rings. The van der Waals surface area contributed by atoms with Crippen molar-refractivity contribution in [1.29, 1.82) is 0 Å². The fourth-order valence-corrected chi connectivity index (χ4v) is 2.17. The number of rotatable bonds is 7. The summed E-state index contributed by atoms with van der Waals surface area (Å²) in [5.74, 6) is -0.156. The van der Waals surface area contributed by atoms with Crippen molar-refractivity contribution in [2.24, 2.45) is 0 Å². The maximum absolute atomic E-state index is 11.9. The zero-order valence-corrected chi connectivity index (χ0v) is 12.1. The van der Waals surface area contributed by atoms with E-state index in [9.17, 15) is 13.2 Å². The van der Waals surface area contributed by atoms with Crippen LogP contribution in [0, 0.1) is 0 Å². The van der Waals surface area contributed by atoms with Crippen LogP contribution in [0.25, 0.3) is 0 Å². The molecule has 0 aliphatic heterocycles. The van der Waals surface area contributed by atoms with Crippen molar-refractivity contribution >= 4 is 22.6 Å². The van der Waals surface area contributed by atoms with E-state index in [1.807, 2.05) is 0 Å². The Morgan fingerprint density at radius 1 is 0.944 bits per heavy atom. The molecule has 1 aromatic rings. The smallest absolute Gasteiger partial charge is 0.406 e. The van der Waals surface area contributed by atoms with Crippen LogP contribution in [0.1, 0.15) is 31.2 Å². The molecular formula is C13H16F3IO. The summed E-state index contributed by atoms with van der Waals surface area (Å²) >= 11 is 2.36. The van der Waals surface area contributed by atoms with Crippen LogP contribution >= 0.6 is 22.6 Å². The zero-order valence-electron chi connectivity index (χ0n) is 9.97. The molecule has 0 heterocycles. The summed E-state index contributed by atoms with van der Waals surface area (Å²) in [6.07, 6.45) is 1.01. The molecule has 5 heteroatoms. The van der Waals surface area contributed by atoms with Crippen molar-refractivity contribution in [3.05, 3.63) is 29.8 Å². The highest BCUT2D eigenvalue weighted by atomic mass is 127. The molecule has 0 saturated heterocycles. The van der Waals surface area contributed by atoms with Gasteiger partial charge in [-0.1, -0.05) is 47.6 Å². The summed E-state index contributed by atoms with van der Waals surface area (Å²) in [7, 11) is 0. The minimum Gasteiger partial charge on any atom is -0.406 e. The normalized spacial score (nSPS) is 11.6. The Hall–Kier alpha value is -0.460. The summed E-state index contributed by atoms with van der Waals surface area (Å²) in [6.45, 7) is 0. The maximum atomic E-state index is 11.9. The van der Waals surface area contributed by atoms with Crippen molar-refractivity contribution < 1.29 is 17.9 Å². The Morgan fingerprint density at radius 2 is 1.56 bits per heavy atom. The maximum Gasteiger partial charge on any atom is 0.573 e. The average molecular weight is 372 g/mol. The van der Waals surface area contributed by atoms with E-state index in [0.717, 1.165) is 18.4 Å².